The molecule has 0 atom stereocenters. The summed E-state index contributed by atoms with van der Waals surface area (Å²) in [5.74, 6) is 0. The monoisotopic (exact) mass is 155 g/mol. The van der Waals surface area contributed by atoms with Crippen LogP contribution in [-0.2, 0) is 6.54 Å². The first-order valence-electron chi connectivity index (χ1n) is 4.15. The van der Waals surface area contributed by atoms with Gasteiger partial charge in [-0.25, -0.2) is 0 Å². The summed E-state index contributed by atoms with van der Waals surface area (Å²) in [6, 6.07) is 1.96. The molecule has 0 saturated heterocycles. The molecule has 0 aliphatic rings. The van der Waals surface area contributed by atoms with Gasteiger partial charge in [0.15, 0.2) is 0 Å². The fourth-order valence-electron chi connectivity index (χ4n) is 0.663. The van der Waals surface area contributed by atoms with E-state index in [4.69, 9.17) is 4.42 Å². The maximum Gasteiger partial charge on any atom is 0.0947 e. The normalized spacial score (nSPS) is 8.64. The molecule has 0 aromatic carbocycles. The average molecular weight is 155 g/mol. The second kappa shape index (κ2) is 7.35. The van der Waals surface area contributed by atoms with E-state index in [2.05, 4.69) is 12.2 Å². The summed E-state index contributed by atoms with van der Waals surface area (Å²) in [7, 11) is 0. The summed E-state index contributed by atoms with van der Waals surface area (Å²) in [6.45, 7) is 8.00. The Morgan fingerprint density at radius 1 is 1.45 bits per heavy atom. The van der Waals surface area contributed by atoms with Gasteiger partial charge in [-0.1, -0.05) is 20.8 Å². The van der Waals surface area contributed by atoms with Crippen molar-refractivity contribution in [1.82, 2.24) is 5.32 Å². The van der Waals surface area contributed by atoms with Crippen molar-refractivity contribution in [2.45, 2.75) is 27.3 Å². The maximum absolute atomic E-state index is 4.87. The van der Waals surface area contributed by atoms with Crippen molar-refractivity contribution in [3.8, 4) is 0 Å². The number of hydrogen-bond acceptors (Lipinski definition) is 2. The SMILES string of the molecule is CC.CCNCc1ccoc1. The molecule has 1 rings (SSSR count). The third kappa shape index (κ3) is 4.62. The van der Waals surface area contributed by atoms with Crippen LogP contribution < -0.4 is 5.32 Å². The quantitative estimate of drug-likeness (QED) is 0.725. The number of hydrogen-bond donors (Lipinski definition) is 1. The molecule has 2 nitrogen and oxygen atoms in total. The number of furan rings is 1. The summed E-state index contributed by atoms with van der Waals surface area (Å²) in [5, 5.41) is 3.19. The highest BCUT2D eigenvalue weighted by Gasteiger charge is 1.89. The molecule has 0 aliphatic carbocycles. The van der Waals surface area contributed by atoms with Gasteiger partial charge in [0, 0.05) is 12.1 Å². The highest BCUT2D eigenvalue weighted by molar-refractivity contribution is 5.04. The topological polar surface area (TPSA) is 25.2 Å². The minimum atomic E-state index is 0.910. The Balaban J connectivity index is 0.000000461. The van der Waals surface area contributed by atoms with Gasteiger partial charge >= 0.3 is 0 Å². The molecule has 0 unspecified atom stereocenters. The molecule has 11 heavy (non-hydrogen) atoms. The van der Waals surface area contributed by atoms with Crippen LogP contribution in [0.25, 0.3) is 0 Å². The van der Waals surface area contributed by atoms with E-state index in [9.17, 15) is 0 Å². The summed E-state index contributed by atoms with van der Waals surface area (Å²) in [6.07, 6.45) is 3.44. The number of rotatable bonds is 3. The van der Waals surface area contributed by atoms with Gasteiger partial charge in [-0.2, -0.15) is 0 Å². The van der Waals surface area contributed by atoms with Gasteiger partial charge < -0.3 is 9.73 Å². The van der Waals surface area contributed by atoms with E-state index in [-0.39, 0.29) is 0 Å². The van der Waals surface area contributed by atoms with Crippen molar-refractivity contribution >= 4 is 0 Å². The second-order valence-electron chi connectivity index (χ2n) is 1.91. The van der Waals surface area contributed by atoms with Crippen molar-refractivity contribution in [1.29, 1.82) is 0 Å². The van der Waals surface area contributed by atoms with Gasteiger partial charge in [-0.05, 0) is 12.6 Å². The Morgan fingerprint density at radius 2 is 2.18 bits per heavy atom. The largest absolute Gasteiger partial charge is 0.472 e. The average Bonchev–Trinajstić information content (AvgIpc) is 2.57. The standard InChI is InChI=1S/C7H11NO.C2H6/c1-2-8-5-7-3-4-9-6-7;1-2/h3-4,6,8H,2,5H2,1H3;1-2H3. The fourth-order valence-corrected chi connectivity index (χ4v) is 0.663. The first-order chi connectivity index (χ1) is 5.43. The summed E-state index contributed by atoms with van der Waals surface area (Å²) >= 11 is 0. The summed E-state index contributed by atoms with van der Waals surface area (Å²) in [5.41, 5.74) is 1.21. The molecular formula is C9H17NO. The molecular weight excluding hydrogens is 138 g/mol. The van der Waals surface area contributed by atoms with Gasteiger partial charge in [0.05, 0.1) is 12.5 Å². The Hall–Kier alpha value is -0.760. The lowest BCUT2D eigenvalue weighted by molar-refractivity contribution is 0.561. The van der Waals surface area contributed by atoms with Crippen LogP contribution in [0.1, 0.15) is 26.3 Å². The Labute approximate surface area is 68.6 Å². The molecule has 1 aromatic rings. The van der Waals surface area contributed by atoms with Crippen LogP contribution in [0.4, 0.5) is 0 Å². The van der Waals surface area contributed by atoms with Gasteiger partial charge in [0.25, 0.3) is 0 Å². The summed E-state index contributed by atoms with van der Waals surface area (Å²) < 4.78 is 4.87. The minimum absolute atomic E-state index is 0.910. The third-order valence-electron chi connectivity index (χ3n) is 1.16. The zero-order chi connectivity index (χ0) is 8.53. The van der Waals surface area contributed by atoms with Crippen molar-refractivity contribution in [3.05, 3.63) is 24.2 Å². The highest BCUT2D eigenvalue weighted by atomic mass is 16.3. The first-order valence-corrected chi connectivity index (χ1v) is 4.15. The van der Waals surface area contributed by atoms with Gasteiger partial charge in [0.1, 0.15) is 0 Å². The summed E-state index contributed by atoms with van der Waals surface area (Å²) in [4.78, 5) is 0. The number of nitrogens with one attached hydrogen (secondary N) is 1. The van der Waals surface area contributed by atoms with E-state index in [1.807, 2.05) is 19.9 Å². The molecule has 1 N–H and O–H groups in total. The van der Waals surface area contributed by atoms with Crippen molar-refractivity contribution in [2.24, 2.45) is 0 Å². The molecule has 0 saturated carbocycles. The van der Waals surface area contributed by atoms with Crippen LogP contribution in [0.2, 0.25) is 0 Å². The molecule has 0 aliphatic heterocycles. The zero-order valence-corrected chi connectivity index (χ0v) is 7.55. The zero-order valence-electron chi connectivity index (χ0n) is 7.55. The molecule has 0 amide bonds. The van der Waals surface area contributed by atoms with E-state index in [1.165, 1.54) is 5.56 Å². The Bertz CT molecular complexity index is 147. The Morgan fingerprint density at radius 3 is 2.64 bits per heavy atom. The smallest absolute Gasteiger partial charge is 0.0947 e. The minimum Gasteiger partial charge on any atom is -0.472 e. The van der Waals surface area contributed by atoms with Crippen LogP contribution in [0.5, 0.6) is 0 Å². The van der Waals surface area contributed by atoms with Gasteiger partial charge in [-0.3, -0.25) is 0 Å². The first kappa shape index (κ1) is 10.2. The molecule has 64 valence electrons. The molecule has 0 radical (unpaired) electrons. The van der Waals surface area contributed by atoms with Crippen molar-refractivity contribution < 1.29 is 4.42 Å². The van der Waals surface area contributed by atoms with Crippen LogP contribution in [0.3, 0.4) is 0 Å². The molecule has 0 bridgehead atoms. The van der Waals surface area contributed by atoms with Gasteiger partial charge in [-0.15, -0.1) is 0 Å². The Kier molecular flexibility index (Phi) is 6.84. The lowest BCUT2D eigenvalue weighted by atomic mass is 10.3. The van der Waals surface area contributed by atoms with E-state index in [0.29, 0.717) is 0 Å². The molecule has 1 aromatic heterocycles. The van der Waals surface area contributed by atoms with E-state index < -0.39 is 0 Å². The predicted octanol–water partition coefficient (Wildman–Crippen LogP) is 2.42. The molecule has 2 heteroatoms. The van der Waals surface area contributed by atoms with Gasteiger partial charge in [0.2, 0.25) is 0 Å². The fraction of sp³-hybridized carbons (Fsp3) is 0.556. The van der Waals surface area contributed by atoms with E-state index in [0.717, 1.165) is 13.1 Å². The third-order valence-corrected chi connectivity index (χ3v) is 1.16. The van der Waals surface area contributed by atoms with Crippen LogP contribution in [-0.4, -0.2) is 6.54 Å². The van der Waals surface area contributed by atoms with Crippen molar-refractivity contribution in [3.63, 3.8) is 0 Å². The predicted molar refractivity (Wildman–Crippen MR) is 47.4 cm³/mol. The van der Waals surface area contributed by atoms with Crippen LogP contribution in [0.15, 0.2) is 23.0 Å². The van der Waals surface area contributed by atoms with E-state index >= 15 is 0 Å². The lowest BCUT2D eigenvalue weighted by Gasteiger charge is -1.94. The second-order valence-corrected chi connectivity index (χ2v) is 1.91. The lowest BCUT2D eigenvalue weighted by Crippen LogP contribution is -2.10. The van der Waals surface area contributed by atoms with Crippen LogP contribution >= 0.6 is 0 Å². The van der Waals surface area contributed by atoms with Crippen LogP contribution in [0, 0.1) is 0 Å². The van der Waals surface area contributed by atoms with Crippen molar-refractivity contribution in [2.75, 3.05) is 6.54 Å². The van der Waals surface area contributed by atoms with E-state index in [1.54, 1.807) is 12.5 Å². The molecule has 0 fully saturated rings. The highest BCUT2D eigenvalue weighted by Crippen LogP contribution is 1.97. The maximum atomic E-state index is 4.87. The molecule has 1 heterocycles. The molecule has 0 spiro atoms.